The highest BCUT2D eigenvalue weighted by molar-refractivity contribution is 5.90. The maximum atomic E-state index is 10.9. The van der Waals surface area contributed by atoms with Gasteiger partial charge in [0.25, 0.3) is 5.95 Å². The number of nitrogens with zero attached hydrogens (tertiary/aromatic N) is 4. The molecular weight excluding hydrogens is 160 g/mol. The number of nitrogens with one attached hydrogen (secondary N) is 2. The first-order chi connectivity index (χ1) is 5.72. The van der Waals surface area contributed by atoms with E-state index in [1.807, 2.05) is 0 Å². The van der Waals surface area contributed by atoms with Gasteiger partial charge in [-0.2, -0.15) is 4.80 Å². The van der Waals surface area contributed by atoms with E-state index >= 15 is 0 Å². The number of hydrogen-bond acceptors (Lipinski definition) is 5. The van der Waals surface area contributed by atoms with Crippen molar-refractivity contribution in [3.05, 3.63) is 0 Å². The number of anilines is 1. The number of aromatic nitrogens is 4. The van der Waals surface area contributed by atoms with Crippen LogP contribution in [0.15, 0.2) is 0 Å². The molecule has 0 radical (unpaired) electrons. The van der Waals surface area contributed by atoms with Gasteiger partial charge < -0.3 is 5.32 Å². The fraction of sp³-hybridized carbons (Fsp3) is 0.600. The predicted octanol–water partition coefficient (Wildman–Crippen LogP) is -1.63. The Morgan fingerprint density at radius 1 is 1.67 bits per heavy atom. The molecular formula is C5H10N6O. The van der Waals surface area contributed by atoms with E-state index in [0.29, 0.717) is 0 Å². The highest BCUT2D eigenvalue weighted by Gasteiger charge is 2.03. The number of hydrogen-bond donors (Lipinski definition) is 2. The molecule has 0 saturated carbocycles. The molecule has 0 unspecified atom stereocenters. The van der Waals surface area contributed by atoms with Gasteiger partial charge in [-0.25, -0.2) is 0 Å². The molecule has 1 aromatic rings. The molecule has 12 heavy (non-hydrogen) atoms. The minimum atomic E-state index is -0.189. The fourth-order valence-corrected chi connectivity index (χ4v) is 0.664. The number of carbonyl (C=O) groups excluding carboxylic acids is 1. The van der Waals surface area contributed by atoms with Crippen molar-refractivity contribution in [3.63, 3.8) is 0 Å². The van der Waals surface area contributed by atoms with E-state index in [9.17, 15) is 4.79 Å². The summed E-state index contributed by atoms with van der Waals surface area (Å²) in [6.07, 6.45) is 0. The first kappa shape index (κ1) is 8.60. The number of likely N-dealkylation sites (N-methyl/N-ethyl adjacent to an activating group) is 1. The SMILES string of the molecule is CNCC(=O)Nc1nnn(C)n1. The van der Waals surface area contributed by atoms with Crippen LogP contribution in [0.1, 0.15) is 0 Å². The van der Waals surface area contributed by atoms with Gasteiger partial charge in [0.05, 0.1) is 13.6 Å². The Hall–Kier alpha value is -1.50. The lowest BCUT2D eigenvalue weighted by atomic mass is 10.6. The third-order valence-corrected chi connectivity index (χ3v) is 1.10. The zero-order valence-electron chi connectivity index (χ0n) is 6.90. The summed E-state index contributed by atoms with van der Waals surface area (Å²) >= 11 is 0. The Morgan fingerprint density at radius 2 is 2.42 bits per heavy atom. The summed E-state index contributed by atoms with van der Waals surface area (Å²) in [5, 5.41) is 16.1. The fourth-order valence-electron chi connectivity index (χ4n) is 0.664. The maximum absolute atomic E-state index is 10.9. The van der Waals surface area contributed by atoms with E-state index < -0.39 is 0 Å². The Morgan fingerprint density at radius 3 is 2.92 bits per heavy atom. The lowest BCUT2D eigenvalue weighted by molar-refractivity contribution is -0.115. The van der Waals surface area contributed by atoms with Gasteiger partial charge in [0.1, 0.15) is 0 Å². The average Bonchev–Trinajstić information content (AvgIpc) is 2.36. The Balaban J connectivity index is 2.46. The molecule has 2 N–H and O–H groups in total. The number of tetrazole rings is 1. The summed E-state index contributed by atoms with van der Waals surface area (Å²) in [6, 6.07) is 0. The Labute approximate surface area is 69.1 Å². The molecule has 0 aliphatic rings. The molecule has 0 spiro atoms. The van der Waals surface area contributed by atoms with Gasteiger partial charge in [0.15, 0.2) is 0 Å². The van der Waals surface area contributed by atoms with E-state index in [1.165, 1.54) is 4.80 Å². The van der Waals surface area contributed by atoms with Crippen LogP contribution >= 0.6 is 0 Å². The zero-order valence-corrected chi connectivity index (χ0v) is 6.90. The van der Waals surface area contributed by atoms with E-state index in [1.54, 1.807) is 14.1 Å². The summed E-state index contributed by atoms with van der Waals surface area (Å²) in [6.45, 7) is 0.234. The maximum Gasteiger partial charge on any atom is 0.270 e. The van der Waals surface area contributed by atoms with Gasteiger partial charge in [-0.1, -0.05) is 5.10 Å². The third-order valence-electron chi connectivity index (χ3n) is 1.10. The zero-order chi connectivity index (χ0) is 8.97. The van der Waals surface area contributed by atoms with Gasteiger partial charge in [0.2, 0.25) is 5.91 Å². The molecule has 0 fully saturated rings. The number of amides is 1. The van der Waals surface area contributed by atoms with Crippen molar-refractivity contribution >= 4 is 11.9 Å². The van der Waals surface area contributed by atoms with Crippen molar-refractivity contribution in [2.24, 2.45) is 7.05 Å². The topological polar surface area (TPSA) is 84.7 Å². The minimum Gasteiger partial charge on any atom is -0.311 e. The average molecular weight is 170 g/mol. The quantitative estimate of drug-likeness (QED) is 0.568. The first-order valence-electron chi connectivity index (χ1n) is 3.41. The van der Waals surface area contributed by atoms with Crippen LogP contribution in [0.4, 0.5) is 5.95 Å². The lowest BCUT2D eigenvalue weighted by Gasteiger charge is -1.96. The third kappa shape index (κ3) is 2.27. The number of aryl methyl sites for hydroxylation is 1. The molecule has 7 nitrogen and oxygen atoms in total. The predicted molar refractivity (Wildman–Crippen MR) is 41.4 cm³/mol. The van der Waals surface area contributed by atoms with Crippen LogP contribution < -0.4 is 10.6 Å². The molecule has 0 aliphatic heterocycles. The summed E-state index contributed by atoms with van der Waals surface area (Å²) in [4.78, 5) is 12.2. The molecule has 1 amide bonds. The van der Waals surface area contributed by atoms with Crippen molar-refractivity contribution in [2.45, 2.75) is 0 Å². The van der Waals surface area contributed by atoms with Crippen LogP contribution in [-0.4, -0.2) is 39.7 Å². The first-order valence-corrected chi connectivity index (χ1v) is 3.41. The van der Waals surface area contributed by atoms with Crippen LogP contribution in [0.2, 0.25) is 0 Å². The van der Waals surface area contributed by atoms with Gasteiger partial charge in [0, 0.05) is 0 Å². The van der Waals surface area contributed by atoms with Gasteiger partial charge in [-0.3, -0.25) is 10.1 Å². The van der Waals surface area contributed by atoms with Gasteiger partial charge >= 0.3 is 0 Å². The minimum absolute atomic E-state index is 0.189. The second kappa shape index (κ2) is 3.77. The van der Waals surface area contributed by atoms with Crippen molar-refractivity contribution in [1.29, 1.82) is 0 Å². The highest BCUT2D eigenvalue weighted by atomic mass is 16.2. The smallest absolute Gasteiger partial charge is 0.270 e. The Kier molecular flexibility index (Phi) is 2.70. The lowest BCUT2D eigenvalue weighted by Crippen LogP contribution is -2.25. The molecule has 7 heteroatoms. The molecule has 0 aromatic carbocycles. The van der Waals surface area contributed by atoms with Crippen molar-refractivity contribution < 1.29 is 4.79 Å². The molecule has 66 valence electrons. The summed E-state index contributed by atoms with van der Waals surface area (Å²) in [5.74, 6) is 0.0308. The van der Waals surface area contributed by atoms with Gasteiger partial charge in [-0.05, 0) is 12.3 Å². The largest absolute Gasteiger partial charge is 0.311 e. The molecule has 1 rings (SSSR count). The van der Waals surface area contributed by atoms with E-state index in [-0.39, 0.29) is 18.4 Å². The van der Waals surface area contributed by atoms with Gasteiger partial charge in [-0.15, -0.1) is 5.10 Å². The molecule has 0 atom stereocenters. The monoisotopic (exact) mass is 170 g/mol. The second-order valence-electron chi connectivity index (χ2n) is 2.18. The van der Waals surface area contributed by atoms with Crippen LogP contribution in [0, 0.1) is 0 Å². The molecule has 1 heterocycles. The molecule has 0 aliphatic carbocycles. The van der Waals surface area contributed by atoms with Crippen molar-refractivity contribution in [1.82, 2.24) is 25.5 Å². The second-order valence-corrected chi connectivity index (χ2v) is 2.18. The van der Waals surface area contributed by atoms with E-state index in [4.69, 9.17) is 0 Å². The number of carbonyl (C=O) groups is 1. The molecule has 1 aromatic heterocycles. The molecule has 0 saturated heterocycles. The molecule has 0 bridgehead atoms. The summed E-state index contributed by atoms with van der Waals surface area (Å²) < 4.78 is 0. The summed E-state index contributed by atoms with van der Waals surface area (Å²) in [5.41, 5.74) is 0. The van der Waals surface area contributed by atoms with Crippen LogP contribution in [0.25, 0.3) is 0 Å². The van der Waals surface area contributed by atoms with Crippen LogP contribution in [-0.2, 0) is 11.8 Å². The Bertz CT molecular complexity index is 269. The summed E-state index contributed by atoms with van der Waals surface area (Å²) in [7, 11) is 3.31. The number of rotatable bonds is 3. The normalized spacial score (nSPS) is 9.83. The highest BCUT2D eigenvalue weighted by Crippen LogP contribution is 1.90. The van der Waals surface area contributed by atoms with E-state index in [2.05, 4.69) is 26.0 Å². The van der Waals surface area contributed by atoms with Crippen molar-refractivity contribution in [2.75, 3.05) is 18.9 Å². The van der Waals surface area contributed by atoms with E-state index in [0.717, 1.165) is 0 Å². The van der Waals surface area contributed by atoms with Crippen LogP contribution in [0.5, 0.6) is 0 Å². The van der Waals surface area contributed by atoms with Crippen LogP contribution in [0.3, 0.4) is 0 Å². The standard InChI is InChI=1S/C5H10N6O/c1-6-3-4(12)7-5-8-10-11(2)9-5/h6H,3H2,1-2H3,(H,7,9,12). The van der Waals surface area contributed by atoms with Crippen molar-refractivity contribution in [3.8, 4) is 0 Å².